The normalized spacial score (nSPS) is 20.8. The standard InChI is InChI=1S/C20H25N5O4S/c1-28-11-14-6-5-13-9-12-3-2-4-15(12)18(17(13)14)23-20(26)24-30(21,27)16-10-22-25-7-8-29-19(16)25/h9-10,14H,2-8,11H2,1H3,(H3,21,23,24,26,27)/t14-,30+/m1/s1. The van der Waals surface area contributed by atoms with Gasteiger partial charge in [-0.2, -0.15) is 5.10 Å². The molecule has 160 valence electrons. The fraction of sp³-hybridized carbons (Fsp3) is 0.500. The molecule has 0 radical (unpaired) electrons. The number of methoxy groups -OCH3 is 1. The van der Waals surface area contributed by atoms with Gasteiger partial charge < -0.3 is 14.8 Å². The van der Waals surface area contributed by atoms with Crippen molar-refractivity contribution >= 4 is 21.6 Å². The average Bonchev–Trinajstić information content (AvgIpc) is 3.45. The molecule has 2 heterocycles. The maximum Gasteiger partial charge on any atom is 0.354 e. The lowest BCUT2D eigenvalue weighted by atomic mass is 9.94. The first-order chi connectivity index (χ1) is 14.5. The van der Waals surface area contributed by atoms with Gasteiger partial charge in [-0.05, 0) is 54.4 Å². The number of amides is 2. The van der Waals surface area contributed by atoms with E-state index in [9.17, 15) is 9.00 Å². The van der Waals surface area contributed by atoms with E-state index in [-0.39, 0.29) is 10.8 Å². The Labute approximate surface area is 175 Å². The molecular formula is C20H25N5O4S. The van der Waals surface area contributed by atoms with Gasteiger partial charge in [0.15, 0.2) is 9.92 Å². The largest absolute Gasteiger partial charge is 0.475 e. The zero-order chi connectivity index (χ0) is 20.9. The molecule has 0 saturated heterocycles. The van der Waals surface area contributed by atoms with Gasteiger partial charge in [-0.1, -0.05) is 6.07 Å². The molecule has 2 aromatic rings. The van der Waals surface area contributed by atoms with Crippen molar-refractivity contribution < 1.29 is 18.5 Å². The van der Waals surface area contributed by atoms with E-state index >= 15 is 0 Å². The highest BCUT2D eigenvalue weighted by atomic mass is 32.2. The number of ether oxygens (including phenoxy) is 2. The fourth-order valence-corrected chi connectivity index (χ4v) is 5.88. The molecule has 0 bridgehead atoms. The molecular weight excluding hydrogens is 406 g/mol. The number of nitrogens with zero attached hydrogens (tertiary/aromatic N) is 3. The summed E-state index contributed by atoms with van der Waals surface area (Å²) < 4.78 is 29.3. The summed E-state index contributed by atoms with van der Waals surface area (Å²) in [6, 6.07) is 1.56. The first-order valence-corrected chi connectivity index (χ1v) is 11.8. The van der Waals surface area contributed by atoms with Crippen LogP contribution in [-0.2, 0) is 40.5 Å². The Balaban J connectivity index is 1.51. The molecule has 0 spiro atoms. The first-order valence-electron chi connectivity index (χ1n) is 10.2. The molecule has 5 rings (SSSR count). The van der Waals surface area contributed by atoms with Crippen LogP contribution in [0.25, 0.3) is 0 Å². The summed E-state index contributed by atoms with van der Waals surface area (Å²) in [5.74, 6) is 0.543. The maximum atomic E-state index is 13.0. The van der Waals surface area contributed by atoms with Crippen molar-refractivity contribution in [1.82, 2.24) is 9.78 Å². The van der Waals surface area contributed by atoms with Gasteiger partial charge in [-0.25, -0.2) is 18.8 Å². The summed E-state index contributed by atoms with van der Waals surface area (Å²) in [5.41, 5.74) is 5.61. The van der Waals surface area contributed by atoms with Gasteiger partial charge in [-0.15, -0.1) is 4.36 Å². The van der Waals surface area contributed by atoms with E-state index in [0.29, 0.717) is 25.6 Å². The quantitative estimate of drug-likeness (QED) is 0.770. The Morgan fingerprint density at radius 2 is 2.30 bits per heavy atom. The molecule has 10 heteroatoms. The van der Waals surface area contributed by atoms with Crippen molar-refractivity contribution in [3.63, 3.8) is 0 Å². The van der Waals surface area contributed by atoms with E-state index in [1.807, 2.05) is 0 Å². The van der Waals surface area contributed by atoms with Gasteiger partial charge in [0.1, 0.15) is 11.5 Å². The summed E-state index contributed by atoms with van der Waals surface area (Å²) in [7, 11) is -1.79. The first kappa shape index (κ1) is 19.5. The van der Waals surface area contributed by atoms with Crippen LogP contribution in [0.2, 0.25) is 0 Å². The van der Waals surface area contributed by atoms with Crippen molar-refractivity contribution in [1.29, 1.82) is 0 Å². The number of hydrogen-bond acceptors (Lipinski definition) is 5. The summed E-state index contributed by atoms with van der Waals surface area (Å²) >= 11 is 0. The van der Waals surface area contributed by atoms with Gasteiger partial charge in [-0.3, -0.25) is 0 Å². The highest BCUT2D eigenvalue weighted by Crippen LogP contribution is 2.44. The molecule has 0 fully saturated rings. The Hall–Kier alpha value is -2.43. The topological polar surface area (TPSA) is 121 Å². The van der Waals surface area contributed by atoms with Crippen LogP contribution < -0.4 is 15.2 Å². The van der Waals surface area contributed by atoms with E-state index in [0.717, 1.165) is 48.9 Å². The number of aromatic nitrogens is 2. The number of aryl methyl sites for hydroxylation is 2. The number of carbonyl (C=O) groups is 1. The summed E-state index contributed by atoms with van der Waals surface area (Å²) in [6.07, 6.45) is 6.27. The smallest absolute Gasteiger partial charge is 0.354 e. The Morgan fingerprint density at radius 1 is 1.43 bits per heavy atom. The van der Waals surface area contributed by atoms with E-state index < -0.39 is 15.9 Å². The van der Waals surface area contributed by atoms with E-state index in [1.165, 1.54) is 17.3 Å². The molecule has 1 aromatic carbocycles. The van der Waals surface area contributed by atoms with Crippen LogP contribution in [-0.4, -0.2) is 40.3 Å². The molecule has 2 amide bonds. The zero-order valence-corrected chi connectivity index (χ0v) is 17.7. The van der Waals surface area contributed by atoms with E-state index in [2.05, 4.69) is 20.8 Å². The third kappa shape index (κ3) is 3.19. The molecule has 0 saturated carbocycles. The average molecular weight is 432 g/mol. The third-order valence-corrected chi connectivity index (χ3v) is 7.48. The van der Waals surface area contributed by atoms with Crippen LogP contribution in [0.3, 0.4) is 0 Å². The molecule has 0 unspecified atom stereocenters. The number of benzene rings is 1. The lowest BCUT2D eigenvalue weighted by molar-refractivity contribution is 0.179. The molecule has 2 aliphatic carbocycles. The second-order valence-electron chi connectivity index (χ2n) is 7.98. The van der Waals surface area contributed by atoms with E-state index in [4.69, 9.17) is 14.6 Å². The highest BCUT2D eigenvalue weighted by Gasteiger charge is 2.31. The molecule has 3 N–H and O–H groups in total. The van der Waals surface area contributed by atoms with Gasteiger partial charge >= 0.3 is 6.03 Å². The summed E-state index contributed by atoms with van der Waals surface area (Å²) in [4.78, 5) is 13.0. The second-order valence-corrected chi connectivity index (χ2v) is 9.74. The van der Waals surface area contributed by atoms with Crippen molar-refractivity contribution in [2.24, 2.45) is 9.50 Å². The molecule has 1 aliphatic heterocycles. The monoisotopic (exact) mass is 431 g/mol. The SMILES string of the molecule is COC[C@H]1CCc2cc3c(c(NC(=O)N=[S@](N)(=O)c4cnn5c4OCC5)c21)CCC3. The van der Waals surface area contributed by atoms with Crippen LogP contribution in [0.5, 0.6) is 5.88 Å². The van der Waals surface area contributed by atoms with Crippen molar-refractivity contribution in [3.05, 3.63) is 34.5 Å². The minimum atomic E-state index is -3.48. The second kappa shape index (κ2) is 7.36. The zero-order valence-electron chi connectivity index (χ0n) is 16.8. The number of anilines is 1. The number of nitrogens with one attached hydrogen (secondary N) is 1. The van der Waals surface area contributed by atoms with Gasteiger partial charge in [0.05, 0.1) is 19.3 Å². The number of nitrogens with two attached hydrogens (primary N) is 1. The Morgan fingerprint density at radius 3 is 3.13 bits per heavy atom. The number of urea groups is 1. The number of rotatable bonds is 4. The van der Waals surface area contributed by atoms with Gasteiger partial charge in [0, 0.05) is 18.7 Å². The molecule has 3 aliphatic rings. The number of fused-ring (bicyclic) bond motifs is 3. The third-order valence-electron chi connectivity index (χ3n) is 6.13. The van der Waals surface area contributed by atoms with Crippen LogP contribution in [0.4, 0.5) is 10.5 Å². The predicted molar refractivity (Wildman–Crippen MR) is 111 cm³/mol. The molecule has 2 atom stereocenters. The molecule has 1 aromatic heterocycles. The maximum absolute atomic E-state index is 13.0. The Kier molecular flexibility index (Phi) is 4.79. The minimum absolute atomic E-state index is 0.149. The van der Waals surface area contributed by atoms with E-state index in [1.54, 1.807) is 11.8 Å². The fourth-order valence-electron chi connectivity index (χ4n) is 4.87. The highest BCUT2D eigenvalue weighted by molar-refractivity contribution is 7.91. The van der Waals surface area contributed by atoms with Crippen molar-refractivity contribution in [3.8, 4) is 5.88 Å². The molecule has 9 nitrogen and oxygen atoms in total. The Bertz CT molecular complexity index is 1150. The minimum Gasteiger partial charge on any atom is -0.475 e. The lowest BCUT2D eigenvalue weighted by Gasteiger charge is -2.19. The predicted octanol–water partition coefficient (Wildman–Crippen LogP) is 2.37. The van der Waals surface area contributed by atoms with Crippen molar-refractivity contribution in [2.75, 3.05) is 25.6 Å². The van der Waals surface area contributed by atoms with Crippen LogP contribution >= 0.6 is 0 Å². The summed E-state index contributed by atoms with van der Waals surface area (Å²) in [6.45, 7) is 1.58. The van der Waals surface area contributed by atoms with Crippen LogP contribution in [0, 0.1) is 0 Å². The van der Waals surface area contributed by atoms with Gasteiger partial charge in [0.2, 0.25) is 5.88 Å². The van der Waals surface area contributed by atoms with Crippen LogP contribution in [0.1, 0.15) is 41.0 Å². The van der Waals surface area contributed by atoms with Gasteiger partial charge in [0.25, 0.3) is 0 Å². The number of carbonyl (C=O) groups excluding carboxylic acids is 1. The number of hydrogen-bond donors (Lipinski definition) is 2. The lowest BCUT2D eigenvalue weighted by Crippen LogP contribution is -2.19. The summed E-state index contributed by atoms with van der Waals surface area (Å²) in [5, 5.41) is 13.0. The van der Waals surface area contributed by atoms with Crippen molar-refractivity contribution in [2.45, 2.75) is 49.5 Å². The van der Waals surface area contributed by atoms with Crippen LogP contribution in [0.15, 0.2) is 21.5 Å². The molecule has 30 heavy (non-hydrogen) atoms.